The highest BCUT2D eigenvalue weighted by atomic mass is 79.9. The highest BCUT2D eigenvalue weighted by Crippen LogP contribution is 2.28. The molecule has 110 valence electrons. The molecular weight excluding hydrogens is 338 g/mol. The summed E-state index contributed by atoms with van der Waals surface area (Å²) in [5.41, 5.74) is 1.80. The molecule has 0 fully saturated rings. The quantitative estimate of drug-likeness (QED) is 0.581. The van der Waals surface area contributed by atoms with Crippen molar-refractivity contribution in [3.63, 3.8) is 0 Å². The van der Waals surface area contributed by atoms with Gasteiger partial charge in [-0.1, -0.05) is 24.3 Å². The van der Waals surface area contributed by atoms with Gasteiger partial charge in [-0.3, -0.25) is 10.1 Å². The predicted molar refractivity (Wildman–Crippen MR) is 82.3 cm³/mol. The number of benzene rings is 2. The van der Waals surface area contributed by atoms with Crippen LogP contribution < -0.4 is 4.74 Å². The fraction of sp³-hybridized carbons (Fsp3) is 0.200. The first-order valence-electron chi connectivity index (χ1n) is 6.24. The van der Waals surface area contributed by atoms with E-state index in [-0.39, 0.29) is 5.69 Å². The van der Waals surface area contributed by atoms with E-state index in [0.29, 0.717) is 17.7 Å². The summed E-state index contributed by atoms with van der Waals surface area (Å²) in [5.74, 6) is 0.792. The summed E-state index contributed by atoms with van der Waals surface area (Å²) in [4.78, 5) is 10.4. The molecular formula is C15H14BrNO4. The van der Waals surface area contributed by atoms with E-state index in [0.717, 1.165) is 16.9 Å². The molecule has 0 unspecified atom stereocenters. The van der Waals surface area contributed by atoms with Crippen molar-refractivity contribution in [3.8, 4) is 5.75 Å². The third-order valence-electron chi connectivity index (χ3n) is 2.94. The molecule has 2 aromatic carbocycles. The van der Waals surface area contributed by atoms with Crippen LogP contribution >= 0.6 is 15.9 Å². The van der Waals surface area contributed by atoms with Crippen LogP contribution in [0.2, 0.25) is 0 Å². The van der Waals surface area contributed by atoms with E-state index in [4.69, 9.17) is 9.47 Å². The van der Waals surface area contributed by atoms with Gasteiger partial charge < -0.3 is 9.47 Å². The fourth-order valence-electron chi connectivity index (χ4n) is 1.82. The first-order valence-corrected chi connectivity index (χ1v) is 7.03. The van der Waals surface area contributed by atoms with Gasteiger partial charge in [0.25, 0.3) is 5.69 Å². The van der Waals surface area contributed by atoms with Crippen LogP contribution in [0.5, 0.6) is 5.75 Å². The maximum Gasteiger partial charge on any atom is 0.283 e. The summed E-state index contributed by atoms with van der Waals surface area (Å²) in [7, 11) is 1.62. The first-order chi connectivity index (χ1) is 10.1. The molecule has 0 aliphatic carbocycles. The number of nitro groups is 1. The molecule has 0 aliphatic rings. The molecule has 0 aromatic heterocycles. The van der Waals surface area contributed by atoms with Crippen LogP contribution in [0.25, 0.3) is 0 Å². The van der Waals surface area contributed by atoms with Crippen molar-refractivity contribution in [1.29, 1.82) is 0 Å². The van der Waals surface area contributed by atoms with Gasteiger partial charge in [0.1, 0.15) is 10.2 Å². The second kappa shape index (κ2) is 7.19. The molecule has 0 N–H and O–H groups in total. The van der Waals surface area contributed by atoms with Gasteiger partial charge in [-0.2, -0.15) is 0 Å². The number of methoxy groups -OCH3 is 1. The summed E-state index contributed by atoms with van der Waals surface area (Å²) < 4.78 is 11.1. The summed E-state index contributed by atoms with van der Waals surface area (Å²) in [5, 5.41) is 10.9. The Labute approximate surface area is 130 Å². The van der Waals surface area contributed by atoms with Crippen molar-refractivity contribution in [2.24, 2.45) is 0 Å². The first kappa shape index (κ1) is 15.5. The normalized spacial score (nSPS) is 10.4. The van der Waals surface area contributed by atoms with E-state index in [2.05, 4.69) is 15.9 Å². The van der Waals surface area contributed by atoms with Gasteiger partial charge in [-0.15, -0.1) is 0 Å². The fourth-order valence-corrected chi connectivity index (χ4v) is 2.34. The van der Waals surface area contributed by atoms with Gasteiger partial charge in [0.2, 0.25) is 0 Å². The van der Waals surface area contributed by atoms with E-state index in [1.807, 2.05) is 24.3 Å². The molecule has 2 rings (SSSR count). The average molecular weight is 352 g/mol. The number of nitrogens with zero attached hydrogens (tertiary/aromatic N) is 1. The summed E-state index contributed by atoms with van der Waals surface area (Å²) in [6.07, 6.45) is 0. The zero-order valence-corrected chi connectivity index (χ0v) is 13.0. The van der Waals surface area contributed by atoms with Crippen molar-refractivity contribution < 1.29 is 14.4 Å². The van der Waals surface area contributed by atoms with Crippen molar-refractivity contribution in [1.82, 2.24) is 0 Å². The molecule has 0 atom stereocenters. The molecule has 0 spiro atoms. The Hall–Kier alpha value is -1.92. The number of halogens is 1. The third-order valence-corrected chi connectivity index (χ3v) is 3.86. The smallest absolute Gasteiger partial charge is 0.283 e. The molecule has 5 nitrogen and oxygen atoms in total. The van der Waals surface area contributed by atoms with Gasteiger partial charge in [0.05, 0.1) is 25.2 Å². The Morgan fingerprint density at radius 1 is 1.14 bits per heavy atom. The monoisotopic (exact) mass is 351 g/mol. The molecule has 0 heterocycles. The Morgan fingerprint density at radius 3 is 2.48 bits per heavy atom. The van der Waals surface area contributed by atoms with E-state index in [9.17, 15) is 10.1 Å². The summed E-state index contributed by atoms with van der Waals surface area (Å²) in [6.45, 7) is 0.730. The molecule has 0 saturated carbocycles. The molecule has 0 bridgehead atoms. The number of hydrogen-bond donors (Lipinski definition) is 0. The number of rotatable bonds is 6. The zero-order valence-electron chi connectivity index (χ0n) is 11.4. The second-order valence-corrected chi connectivity index (χ2v) is 5.14. The highest BCUT2D eigenvalue weighted by Gasteiger charge is 2.14. The van der Waals surface area contributed by atoms with Gasteiger partial charge in [-0.05, 0) is 39.2 Å². The standard InChI is InChI=1S/C15H14BrNO4/c1-20-13-7-5-11(6-8-13)9-21-10-12-3-2-4-14(15(12)16)17(18)19/h2-8H,9-10H2,1H3. The van der Waals surface area contributed by atoms with Crippen LogP contribution in [0.15, 0.2) is 46.9 Å². The topological polar surface area (TPSA) is 61.6 Å². The van der Waals surface area contributed by atoms with Gasteiger partial charge >= 0.3 is 0 Å². The predicted octanol–water partition coefficient (Wildman–Crippen LogP) is 4.08. The van der Waals surface area contributed by atoms with E-state index < -0.39 is 4.92 Å². The lowest BCUT2D eigenvalue weighted by Gasteiger charge is -2.07. The van der Waals surface area contributed by atoms with Crippen molar-refractivity contribution >= 4 is 21.6 Å². The van der Waals surface area contributed by atoms with Gasteiger partial charge in [-0.25, -0.2) is 0 Å². The summed E-state index contributed by atoms with van der Waals surface area (Å²) in [6, 6.07) is 12.5. The molecule has 0 radical (unpaired) electrons. The van der Waals surface area contributed by atoms with Crippen LogP contribution in [0.1, 0.15) is 11.1 Å². The minimum atomic E-state index is -0.420. The number of hydrogen-bond acceptors (Lipinski definition) is 4. The van der Waals surface area contributed by atoms with Crippen LogP contribution in [0.3, 0.4) is 0 Å². The maximum absolute atomic E-state index is 10.9. The second-order valence-electron chi connectivity index (χ2n) is 4.35. The lowest BCUT2D eigenvalue weighted by atomic mass is 10.2. The van der Waals surface area contributed by atoms with Crippen molar-refractivity contribution in [2.45, 2.75) is 13.2 Å². The Kier molecular flexibility index (Phi) is 5.30. The average Bonchev–Trinajstić information content (AvgIpc) is 2.49. The SMILES string of the molecule is COc1ccc(COCc2cccc([N+](=O)[O-])c2Br)cc1. The van der Waals surface area contributed by atoms with E-state index in [1.54, 1.807) is 19.2 Å². The minimum Gasteiger partial charge on any atom is -0.497 e. The summed E-state index contributed by atoms with van der Waals surface area (Å²) >= 11 is 3.25. The molecule has 21 heavy (non-hydrogen) atoms. The molecule has 0 saturated heterocycles. The maximum atomic E-state index is 10.9. The van der Waals surface area contributed by atoms with Crippen molar-refractivity contribution in [2.75, 3.05) is 7.11 Å². The number of nitro benzene ring substituents is 1. The van der Waals surface area contributed by atoms with Crippen LogP contribution in [-0.2, 0) is 18.0 Å². The van der Waals surface area contributed by atoms with Crippen LogP contribution in [0.4, 0.5) is 5.69 Å². The molecule has 0 amide bonds. The molecule has 2 aromatic rings. The largest absolute Gasteiger partial charge is 0.497 e. The number of ether oxygens (including phenoxy) is 2. The molecule has 0 aliphatic heterocycles. The van der Waals surface area contributed by atoms with E-state index >= 15 is 0 Å². The van der Waals surface area contributed by atoms with Crippen LogP contribution in [0, 0.1) is 10.1 Å². The Balaban J connectivity index is 1.97. The minimum absolute atomic E-state index is 0.0422. The van der Waals surface area contributed by atoms with Crippen LogP contribution in [-0.4, -0.2) is 12.0 Å². The van der Waals surface area contributed by atoms with Gasteiger partial charge in [0.15, 0.2) is 0 Å². The van der Waals surface area contributed by atoms with Gasteiger partial charge in [0, 0.05) is 6.07 Å². The molecule has 6 heteroatoms. The highest BCUT2D eigenvalue weighted by molar-refractivity contribution is 9.10. The Bertz CT molecular complexity index is 628. The van der Waals surface area contributed by atoms with E-state index in [1.165, 1.54) is 6.07 Å². The lowest BCUT2D eigenvalue weighted by molar-refractivity contribution is -0.385. The van der Waals surface area contributed by atoms with Crippen molar-refractivity contribution in [3.05, 3.63) is 68.2 Å². The lowest BCUT2D eigenvalue weighted by Crippen LogP contribution is -1.98. The Morgan fingerprint density at radius 2 is 1.86 bits per heavy atom. The third kappa shape index (κ3) is 4.03. The zero-order chi connectivity index (χ0) is 15.2.